The SMILES string of the molecule is O=C(O)/C=C\C(=O)O.c1ccc2c(c1)CNc1ccncc1O2. The fourth-order valence-electron chi connectivity index (χ4n) is 1.81. The topological polar surface area (TPSA) is 109 Å². The first-order chi connectivity index (χ1) is 11.1. The molecule has 2 aromatic rings. The highest BCUT2D eigenvalue weighted by Gasteiger charge is 2.12. The van der Waals surface area contributed by atoms with E-state index in [-0.39, 0.29) is 0 Å². The Morgan fingerprint density at radius 3 is 2.48 bits per heavy atom. The van der Waals surface area contributed by atoms with Crippen LogP contribution in [0.25, 0.3) is 0 Å². The van der Waals surface area contributed by atoms with Crippen LogP contribution in [0.15, 0.2) is 54.9 Å². The third kappa shape index (κ3) is 4.85. The van der Waals surface area contributed by atoms with E-state index in [9.17, 15) is 9.59 Å². The van der Waals surface area contributed by atoms with E-state index in [2.05, 4.69) is 16.4 Å². The van der Waals surface area contributed by atoms with E-state index in [1.807, 2.05) is 24.3 Å². The van der Waals surface area contributed by atoms with Gasteiger partial charge in [-0.3, -0.25) is 4.98 Å². The lowest BCUT2D eigenvalue weighted by Crippen LogP contribution is -1.96. The molecule has 23 heavy (non-hydrogen) atoms. The Hall–Kier alpha value is -3.35. The first-order valence-electron chi connectivity index (χ1n) is 6.64. The lowest BCUT2D eigenvalue weighted by molar-refractivity contribution is -0.134. The number of rotatable bonds is 2. The van der Waals surface area contributed by atoms with E-state index in [0.717, 1.165) is 29.3 Å². The van der Waals surface area contributed by atoms with Crippen molar-refractivity contribution in [3.63, 3.8) is 0 Å². The van der Waals surface area contributed by atoms with Gasteiger partial charge in [0.25, 0.3) is 0 Å². The summed E-state index contributed by atoms with van der Waals surface area (Å²) in [6, 6.07) is 9.93. The summed E-state index contributed by atoms with van der Waals surface area (Å²) < 4.78 is 5.78. The number of pyridine rings is 1. The van der Waals surface area contributed by atoms with Crippen molar-refractivity contribution >= 4 is 17.6 Å². The van der Waals surface area contributed by atoms with Crippen LogP contribution in [-0.2, 0) is 16.1 Å². The van der Waals surface area contributed by atoms with E-state index in [4.69, 9.17) is 14.9 Å². The highest BCUT2D eigenvalue weighted by molar-refractivity contribution is 5.89. The summed E-state index contributed by atoms with van der Waals surface area (Å²) in [5.41, 5.74) is 2.15. The van der Waals surface area contributed by atoms with Gasteiger partial charge in [0, 0.05) is 30.5 Å². The maximum atomic E-state index is 9.55. The molecule has 0 saturated heterocycles. The maximum absolute atomic E-state index is 9.55. The van der Waals surface area contributed by atoms with Gasteiger partial charge in [-0.25, -0.2) is 9.59 Å². The Morgan fingerprint density at radius 2 is 1.78 bits per heavy atom. The number of hydrogen-bond acceptors (Lipinski definition) is 5. The molecule has 1 aliphatic rings. The number of hydrogen-bond donors (Lipinski definition) is 3. The molecule has 0 amide bonds. The number of nitrogens with one attached hydrogen (secondary N) is 1. The molecule has 1 aromatic heterocycles. The monoisotopic (exact) mass is 314 g/mol. The molecule has 7 heteroatoms. The molecule has 1 aromatic carbocycles. The number of fused-ring (bicyclic) bond motifs is 2. The van der Waals surface area contributed by atoms with Crippen LogP contribution in [0.1, 0.15) is 5.56 Å². The van der Waals surface area contributed by atoms with Gasteiger partial charge in [-0.15, -0.1) is 0 Å². The average Bonchev–Trinajstić information content (AvgIpc) is 2.72. The van der Waals surface area contributed by atoms with Gasteiger partial charge in [0.1, 0.15) is 5.75 Å². The largest absolute Gasteiger partial charge is 0.478 e. The van der Waals surface area contributed by atoms with E-state index >= 15 is 0 Å². The van der Waals surface area contributed by atoms with Crippen molar-refractivity contribution in [3.8, 4) is 11.5 Å². The molecule has 3 N–H and O–H groups in total. The molecule has 0 spiro atoms. The highest BCUT2D eigenvalue weighted by Crippen LogP contribution is 2.34. The number of aliphatic carboxylic acids is 2. The number of benzene rings is 1. The van der Waals surface area contributed by atoms with Gasteiger partial charge in [0.05, 0.1) is 11.9 Å². The van der Waals surface area contributed by atoms with E-state index in [1.54, 1.807) is 12.4 Å². The van der Waals surface area contributed by atoms with Crippen molar-refractivity contribution in [1.29, 1.82) is 0 Å². The standard InChI is InChI=1S/C12H10N2O.C4H4O4/c1-2-4-11-9(3-1)7-14-10-5-6-13-8-12(10)15-11;5-3(6)1-2-4(7)8/h1-6,8,14H,7H2;1-2H,(H,5,6)(H,7,8)/b;2-1-. The second-order valence-electron chi connectivity index (χ2n) is 4.44. The number of nitrogens with zero attached hydrogens (tertiary/aromatic N) is 1. The minimum Gasteiger partial charge on any atom is -0.478 e. The Bertz CT molecular complexity index is 681. The van der Waals surface area contributed by atoms with Gasteiger partial charge in [-0.05, 0) is 12.1 Å². The first-order valence-corrected chi connectivity index (χ1v) is 6.64. The molecule has 0 atom stereocenters. The molecule has 2 heterocycles. The first kappa shape index (κ1) is 16.0. The molecule has 0 radical (unpaired) electrons. The lowest BCUT2D eigenvalue weighted by atomic mass is 10.2. The normalized spacial score (nSPS) is 11.7. The van der Waals surface area contributed by atoms with Crippen molar-refractivity contribution < 1.29 is 24.5 Å². The summed E-state index contributed by atoms with van der Waals surface area (Å²) in [6.07, 6.45) is 4.60. The fourth-order valence-corrected chi connectivity index (χ4v) is 1.81. The molecule has 0 unspecified atom stereocenters. The molecule has 0 bridgehead atoms. The molecular formula is C16H14N2O5. The minimum absolute atomic E-state index is 0.558. The number of ether oxygens (including phenoxy) is 1. The number of anilines is 1. The fraction of sp³-hybridized carbons (Fsp3) is 0.0625. The van der Waals surface area contributed by atoms with Crippen molar-refractivity contribution in [2.45, 2.75) is 6.54 Å². The van der Waals surface area contributed by atoms with Crippen molar-refractivity contribution in [2.24, 2.45) is 0 Å². The number of aromatic nitrogens is 1. The average molecular weight is 314 g/mol. The van der Waals surface area contributed by atoms with E-state index in [0.29, 0.717) is 12.2 Å². The zero-order chi connectivity index (χ0) is 16.7. The third-order valence-electron chi connectivity index (χ3n) is 2.81. The van der Waals surface area contributed by atoms with E-state index in [1.165, 1.54) is 0 Å². The van der Waals surface area contributed by atoms with Crippen LogP contribution in [0.3, 0.4) is 0 Å². The van der Waals surface area contributed by atoms with Gasteiger partial charge in [0.2, 0.25) is 0 Å². The Balaban J connectivity index is 0.000000207. The van der Waals surface area contributed by atoms with Gasteiger partial charge in [-0.2, -0.15) is 0 Å². The van der Waals surface area contributed by atoms with Crippen molar-refractivity contribution in [3.05, 3.63) is 60.4 Å². The quantitative estimate of drug-likeness (QED) is 0.731. The summed E-state index contributed by atoms with van der Waals surface area (Å²) >= 11 is 0. The van der Waals surface area contributed by atoms with Crippen molar-refractivity contribution in [1.82, 2.24) is 4.98 Å². The van der Waals surface area contributed by atoms with Crippen LogP contribution in [-0.4, -0.2) is 27.1 Å². The summed E-state index contributed by atoms with van der Waals surface area (Å²) in [4.78, 5) is 23.2. The molecule has 0 fully saturated rings. The number of carbonyl (C=O) groups is 2. The zero-order valence-corrected chi connectivity index (χ0v) is 12.0. The Labute approximate surface area is 131 Å². The summed E-state index contributed by atoms with van der Waals surface area (Å²) in [5, 5.41) is 18.9. The molecule has 3 rings (SSSR count). The predicted molar refractivity (Wildman–Crippen MR) is 82.5 cm³/mol. The lowest BCUT2D eigenvalue weighted by Gasteiger charge is -2.06. The van der Waals surface area contributed by atoms with Gasteiger partial charge < -0.3 is 20.3 Å². The molecule has 0 aliphatic carbocycles. The van der Waals surface area contributed by atoms with Crippen LogP contribution >= 0.6 is 0 Å². The third-order valence-corrected chi connectivity index (χ3v) is 2.81. The van der Waals surface area contributed by atoms with Crippen LogP contribution in [0.2, 0.25) is 0 Å². The zero-order valence-electron chi connectivity index (χ0n) is 12.0. The molecule has 1 aliphatic heterocycles. The minimum atomic E-state index is -1.26. The van der Waals surface area contributed by atoms with E-state index < -0.39 is 11.9 Å². The van der Waals surface area contributed by atoms with Crippen molar-refractivity contribution in [2.75, 3.05) is 5.32 Å². The molecule has 7 nitrogen and oxygen atoms in total. The number of para-hydroxylation sites is 1. The molecule has 118 valence electrons. The summed E-state index contributed by atoms with van der Waals surface area (Å²) in [5.74, 6) is -0.834. The van der Waals surface area contributed by atoms with Gasteiger partial charge in [-0.1, -0.05) is 18.2 Å². The highest BCUT2D eigenvalue weighted by atomic mass is 16.5. The van der Waals surface area contributed by atoms with Crippen LogP contribution < -0.4 is 10.1 Å². The van der Waals surface area contributed by atoms with Gasteiger partial charge in [0.15, 0.2) is 5.75 Å². The second kappa shape index (κ2) is 7.60. The maximum Gasteiger partial charge on any atom is 0.328 e. The number of carboxylic acids is 2. The number of carboxylic acid groups (broad SMARTS) is 2. The summed E-state index contributed by atoms with van der Waals surface area (Å²) in [7, 11) is 0. The Kier molecular flexibility index (Phi) is 5.30. The Morgan fingerprint density at radius 1 is 1.09 bits per heavy atom. The van der Waals surface area contributed by atoms with Crippen LogP contribution in [0.4, 0.5) is 5.69 Å². The second-order valence-corrected chi connectivity index (χ2v) is 4.44. The van der Waals surface area contributed by atoms with Crippen LogP contribution in [0, 0.1) is 0 Å². The van der Waals surface area contributed by atoms with Gasteiger partial charge >= 0.3 is 11.9 Å². The molecular weight excluding hydrogens is 300 g/mol. The van der Waals surface area contributed by atoms with Crippen LogP contribution in [0.5, 0.6) is 11.5 Å². The smallest absolute Gasteiger partial charge is 0.328 e. The summed E-state index contributed by atoms with van der Waals surface area (Å²) in [6.45, 7) is 0.785. The molecule has 0 saturated carbocycles. The predicted octanol–water partition coefficient (Wildman–Crippen LogP) is 2.51.